The average molecular weight is 372 g/mol. The van der Waals surface area contributed by atoms with E-state index < -0.39 is 5.97 Å². The van der Waals surface area contributed by atoms with E-state index in [9.17, 15) is 4.79 Å². The van der Waals surface area contributed by atoms with Crippen LogP contribution in [0.3, 0.4) is 0 Å². The summed E-state index contributed by atoms with van der Waals surface area (Å²) in [6.07, 6.45) is 2.86. The van der Waals surface area contributed by atoms with Gasteiger partial charge in [-0.25, -0.2) is 9.78 Å². The van der Waals surface area contributed by atoms with E-state index >= 15 is 0 Å². The van der Waals surface area contributed by atoms with E-state index in [0.717, 1.165) is 18.5 Å². The van der Waals surface area contributed by atoms with Gasteiger partial charge in [0.05, 0.1) is 31.2 Å². The van der Waals surface area contributed by atoms with Gasteiger partial charge in [0, 0.05) is 25.1 Å². The van der Waals surface area contributed by atoms with Gasteiger partial charge in [-0.3, -0.25) is 0 Å². The number of nitrogens with zero attached hydrogens (tertiary/aromatic N) is 2. The number of carbonyl (C=O) groups is 1. The number of anilines is 3. The maximum Gasteiger partial charge on any atom is 0.337 e. The third-order valence-corrected chi connectivity index (χ3v) is 4.24. The van der Waals surface area contributed by atoms with Crippen molar-refractivity contribution < 1.29 is 19.4 Å². The predicted molar refractivity (Wildman–Crippen MR) is 102 cm³/mol. The van der Waals surface area contributed by atoms with Gasteiger partial charge in [-0.1, -0.05) is 0 Å². The van der Waals surface area contributed by atoms with Crippen molar-refractivity contribution in [1.29, 1.82) is 0 Å². The lowest BCUT2D eigenvalue weighted by atomic mass is 10.2. The molecule has 1 fully saturated rings. The quantitative estimate of drug-likeness (QED) is 0.456. The van der Waals surface area contributed by atoms with E-state index in [0.29, 0.717) is 47.7 Å². The molecule has 0 atom stereocenters. The second kappa shape index (κ2) is 8.68. The molecule has 1 heterocycles. The minimum absolute atomic E-state index is 0.109. The number of aliphatic hydroxyl groups excluding tert-OH is 1. The number of rotatable bonds is 9. The summed E-state index contributed by atoms with van der Waals surface area (Å²) in [5, 5.41) is 15.3. The van der Waals surface area contributed by atoms with Gasteiger partial charge in [0.25, 0.3) is 0 Å². The van der Waals surface area contributed by atoms with Crippen molar-refractivity contribution >= 4 is 23.4 Å². The highest BCUT2D eigenvalue weighted by molar-refractivity contribution is 5.91. The van der Waals surface area contributed by atoms with Crippen LogP contribution < -0.4 is 15.4 Å². The molecule has 27 heavy (non-hydrogen) atoms. The molecule has 0 spiro atoms. The summed E-state index contributed by atoms with van der Waals surface area (Å²) in [4.78, 5) is 20.9. The van der Waals surface area contributed by atoms with E-state index in [1.165, 1.54) is 7.11 Å². The second-order valence-corrected chi connectivity index (χ2v) is 6.31. The first-order valence-corrected chi connectivity index (χ1v) is 8.91. The molecule has 0 unspecified atom stereocenters. The van der Waals surface area contributed by atoms with Crippen LogP contribution in [0.5, 0.6) is 5.75 Å². The minimum atomic E-state index is -0.423. The van der Waals surface area contributed by atoms with Gasteiger partial charge in [-0.05, 0) is 37.5 Å². The van der Waals surface area contributed by atoms with Crippen LogP contribution in [-0.2, 0) is 4.74 Å². The third kappa shape index (κ3) is 4.85. The minimum Gasteiger partial charge on any atom is -0.495 e. The number of esters is 1. The zero-order valence-electron chi connectivity index (χ0n) is 15.5. The summed E-state index contributed by atoms with van der Waals surface area (Å²) in [6.45, 7) is 0.698. The third-order valence-electron chi connectivity index (χ3n) is 4.24. The maximum absolute atomic E-state index is 11.8. The number of aliphatic hydroxyl groups is 1. The Kier molecular flexibility index (Phi) is 6.08. The molecule has 0 saturated heterocycles. The second-order valence-electron chi connectivity index (χ2n) is 6.31. The highest BCUT2D eigenvalue weighted by Gasteiger charge is 2.26. The Balaban J connectivity index is 1.88. The van der Waals surface area contributed by atoms with Crippen LogP contribution >= 0.6 is 0 Å². The SMILES string of the molecule is COC(=O)c1ccc(OC)c(Nc2cc(C3CC3)nc(NCCCO)n2)c1. The van der Waals surface area contributed by atoms with Crippen molar-refractivity contribution in [1.82, 2.24) is 9.97 Å². The molecule has 3 rings (SSSR count). The monoisotopic (exact) mass is 372 g/mol. The summed E-state index contributed by atoms with van der Waals surface area (Å²) >= 11 is 0. The summed E-state index contributed by atoms with van der Waals surface area (Å²) in [6, 6.07) is 6.94. The molecule has 0 radical (unpaired) electrons. The van der Waals surface area contributed by atoms with Gasteiger partial charge >= 0.3 is 5.97 Å². The lowest BCUT2D eigenvalue weighted by Gasteiger charge is -2.14. The van der Waals surface area contributed by atoms with E-state index in [-0.39, 0.29) is 6.61 Å². The number of carbonyl (C=O) groups excluding carboxylic acids is 1. The molecule has 3 N–H and O–H groups in total. The molecule has 1 aromatic heterocycles. The summed E-state index contributed by atoms with van der Waals surface area (Å²) < 4.78 is 10.2. The van der Waals surface area contributed by atoms with Crippen molar-refractivity contribution in [3.05, 3.63) is 35.5 Å². The van der Waals surface area contributed by atoms with E-state index in [1.54, 1.807) is 25.3 Å². The standard InChI is InChI=1S/C19H24N4O4/c1-26-16-7-6-13(18(25)27-2)10-15(16)21-17-11-14(12-4-5-12)22-19(23-17)20-8-3-9-24/h6-7,10-12,24H,3-5,8-9H2,1-2H3,(H2,20,21,22,23). The number of hydrogen-bond acceptors (Lipinski definition) is 8. The largest absolute Gasteiger partial charge is 0.495 e. The van der Waals surface area contributed by atoms with Gasteiger partial charge < -0.3 is 25.2 Å². The topological polar surface area (TPSA) is 106 Å². The molecule has 0 aliphatic heterocycles. The fourth-order valence-electron chi connectivity index (χ4n) is 2.67. The van der Waals surface area contributed by atoms with Gasteiger partial charge in [0.1, 0.15) is 11.6 Å². The number of methoxy groups -OCH3 is 2. The molecule has 0 amide bonds. The average Bonchev–Trinajstić information content (AvgIpc) is 3.53. The maximum atomic E-state index is 11.8. The van der Waals surface area contributed by atoms with Crippen LogP contribution in [0.15, 0.2) is 24.3 Å². The molecule has 1 aliphatic carbocycles. The van der Waals surface area contributed by atoms with Crippen molar-refractivity contribution in [2.75, 3.05) is 38.0 Å². The first kappa shape index (κ1) is 18.9. The Labute approximate surface area is 157 Å². The number of benzene rings is 1. The van der Waals surface area contributed by atoms with Gasteiger partial charge in [-0.2, -0.15) is 4.98 Å². The summed E-state index contributed by atoms with van der Waals surface area (Å²) in [5.41, 5.74) is 2.00. The molecule has 8 nitrogen and oxygen atoms in total. The Morgan fingerprint density at radius 2 is 2.07 bits per heavy atom. The normalized spacial score (nSPS) is 13.1. The molecule has 1 saturated carbocycles. The van der Waals surface area contributed by atoms with Gasteiger partial charge in [0.2, 0.25) is 5.95 Å². The lowest BCUT2D eigenvalue weighted by Crippen LogP contribution is -2.10. The highest BCUT2D eigenvalue weighted by Crippen LogP contribution is 2.40. The van der Waals surface area contributed by atoms with Gasteiger partial charge in [0.15, 0.2) is 0 Å². The fraction of sp³-hybridized carbons (Fsp3) is 0.421. The van der Waals surface area contributed by atoms with Crippen LogP contribution in [0.25, 0.3) is 0 Å². The number of aromatic nitrogens is 2. The van der Waals surface area contributed by atoms with Crippen LogP contribution in [0, 0.1) is 0 Å². The molecular formula is C19H24N4O4. The van der Waals surface area contributed by atoms with E-state index in [4.69, 9.17) is 14.6 Å². The molecule has 1 aromatic carbocycles. The molecule has 2 aromatic rings. The first-order valence-electron chi connectivity index (χ1n) is 8.91. The van der Waals surface area contributed by atoms with Crippen LogP contribution in [0.2, 0.25) is 0 Å². The molecule has 144 valence electrons. The lowest BCUT2D eigenvalue weighted by molar-refractivity contribution is 0.0600. The Bertz CT molecular complexity index is 808. The summed E-state index contributed by atoms with van der Waals surface area (Å²) in [5.74, 6) is 1.74. The van der Waals surface area contributed by atoms with Crippen molar-refractivity contribution in [2.45, 2.75) is 25.2 Å². The zero-order chi connectivity index (χ0) is 19.2. The number of nitrogens with one attached hydrogen (secondary N) is 2. The molecular weight excluding hydrogens is 348 g/mol. The van der Waals surface area contributed by atoms with Crippen molar-refractivity contribution in [3.63, 3.8) is 0 Å². The van der Waals surface area contributed by atoms with Crippen LogP contribution in [0.4, 0.5) is 17.5 Å². The van der Waals surface area contributed by atoms with E-state index in [2.05, 4.69) is 20.6 Å². The Hall–Kier alpha value is -2.87. The molecule has 8 heteroatoms. The highest BCUT2D eigenvalue weighted by atomic mass is 16.5. The van der Waals surface area contributed by atoms with Gasteiger partial charge in [-0.15, -0.1) is 0 Å². The van der Waals surface area contributed by atoms with Crippen molar-refractivity contribution in [3.8, 4) is 5.75 Å². The molecule has 0 bridgehead atoms. The first-order chi connectivity index (χ1) is 13.1. The van der Waals surface area contributed by atoms with Crippen molar-refractivity contribution in [2.24, 2.45) is 0 Å². The molecule has 1 aliphatic rings. The smallest absolute Gasteiger partial charge is 0.337 e. The predicted octanol–water partition coefficient (Wildman–Crippen LogP) is 2.69. The zero-order valence-corrected chi connectivity index (χ0v) is 15.5. The number of hydrogen-bond donors (Lipinski definition) is 3. The summed E-state index contributed by atoms with van der Waals surface area (Å²) in [7, 11) is 2.91. The van der Waals surface area contributed by atoms with E-state index in [1.807, 2.05) is 6.07 Å². The number of ether oxygens (including phenoxy) is 2. The van der Waals surface area contributed by atoms with Crippen LogP contribution in [-0.4, -0.2) is 48.4 Å². The fourth-order valence-corrected chi connectivity index (χ4v) is 2.67. The Morgan fingerprint density at radius 3 is 2.74 bits per heavy atom. The Morgan fingerprint density at radius 1 is 1.26 bits per heavy atom. The van der Waals surface area contributed by atoms with Crippen LogP contribution in [0.1, 0.15) is 41.2 Å².